The van der Waals surface area contributed by atoms with Crippen molar-refractivity contribution >= 4 is 28.8 Å². The van der Waals surface area contributed by atoms with Crippen LogP contribution < -0.4 is 16.0 Å². The summed E-state index contributed by atoms with van der Waals surface area (Å²) in [7, 11) is 0. The molecule has 0 spiro atoms. The highest BCUT2D eigenvalue weighted by atomic mass is 32.1. The van der Waals surface area contributed by atoms with Crippen LogP contribution in [-0.4, -0.2) is 29.4 Å². The van der Waals surface area contributed by atoms with E-state index in [4.69, 9.17) is 5.73 Å². The summed E-state index contributed by atoms with van der Waals surface area (Å²) in [4.78, 5) is 29.6. The second-order valence-electron chi connectivity index (χ2n) is 5.21. The number of nitrogens with two attached hydrogens (primary N) is 1. The Kier molecular flexibility index (Phi) is 4.54. The molecule has 0 radical (unpaired) electrons. The van der Waals surface area contributed by atoms with Gasteiger partial charge < -0.3 is 16.0 Å². The summed E-state index contributed by atoms with van der Waals surface area (Å²) in [5, 5.41) is 4.70. The maximum Gasteiger partial charge on any atom is 0.271 e. The third kappa shape index (κ3) is 3.00. The van der Waals surface area contributed by atoms with E-state index >= 15 is 0 Å². The van der Waals surface area contributed by atoms with Gasteiger partial charge in [0.05, 0.1) is 0 Å². The maximum absolute atomic E-state index is 13.8. The first-order valence-corrected chi connectivity index (χ1v) is 8.10. The van der Waals surface area contributed by atoms with E-state index in [0.29, 0.717) is 5.01 Å². The van der Waals surface area contributed by atoms with Crippen molar-refractivity contribution in [2.75, 3.05) is 11.4 Å². The van der Waals surface area contributed by atoms with Crippen molar-refractivity contribution in [2.45, 2.75) is 19.0 Å². The number of aromatic nitrogens is 1. The first kappa shape index (κ1) is 16.5. The zero-order chi connectivity index (χ0) is 17.3. The second-order valence-corrected chi connectivity index (χ2v) is 6.15. The molecule has 1 aromatic carbocycles. The number of halogens is 2. The van der Waals surface area contributed by atoms with Crippen LogP contribution in [0.3, 0.4) is 0 Å². The minimum absolute atomic E-state index is 0.118. The Balaban J connectivity index is 1.73. The highest BCUT2D eigenvalue weighted by molar-refractivity contribution is 7.09. The molecule has 1 aromatic heterocycles. The third-order valence-corrected chi connectivity index (χ3v) is 4.55. The van der Waals surface area contributed by atoms with Gasteiger partial charge in [0.1, 0.15) is 34.1 Å². The van der Waals surface area contributed by atoms with Crippen molar-refractivity contribution in [3.63, 3.8) is 0 Å². The van der Waals surface area contributed by atoms with E-state index < -0.39 is 35.2 Å². The molecule has 1 aliphatic heterocycles. The molecule has 0 aliphatic carbocycles. The highest BCUT2D eigenvalue weighted by Gasteiger charge is 2.36. The Morgan fingerprint density at radius 3 is 2.75 bits per heavy atom. The lowest BCUT2D eigenvalue weighted by molar-refractivity contribution is -0.118. The van der Waals surface area contributed by atoms with Gasteiger partial charge in [0.2, 0.25) is 5.91 Å². The molecule has 1 unspecified atom stereocenters. The van der Waals surface area contributed by atoms with E-state index in [2.05, 4.69) is 10.3 Å². The van der Waals surface area contributed by atoms with Crippen molar-refractivity contribution in [1.29, 1.82) is 0 Å². The number of benzene rings is 1. The fourth-order valence-corrected chi connectivity index (χ4v) is 3.18. The molecule has 2 heterocycles. The standard InChI is InChI=1S/C15H14F2N4O2S/c16-8-2-1-3-9(17)13(8)21-5-4-10(15(21)23)20-14(22)11-7-24-12(6-18)19-11/h1-3,7,10H,4-6,18H2,(H,20,22). The number of rotatable bonds is 4. The van der Waals surface area contributed by atoms with Gasteiger partial charge in [-0.1, -0.05) is 6.07 Å². The SMILES string of the molecule is NCc1nc(C(=O)NC2CCN(c3c(F)cccc3F)C2=O)cs1. The molecule has 3 rings (SSSR count). The summed E-state index contributed by atoms with van der Waals surface area (Å²) in [5.74, 6) is -2.70. The molecule has 2 aromatic rings. The number of para-hydroxylation sites is 1. The molecule has 1 fully saturated rings. The van der Waals surface area contributed by atoms with Gasteiger partial charge in [0, 0.05) is 18.5 Å². The quantitative estimate of drug-likeness (QED) is 0.871. The van der Waals surface area contributed by atoms with E-state index in [1.54, 1.807) is 5.38 Å². The molecule has 0 saturated carbocycles. The predicted molar refractivity (Wildman–Crippen MR) is 84.6 cm³/mol. The monoisotopic (exact) mass is 352 g/mol. The minimum Gasteiger partial charge on any atom is -0.339 e. The fraction of sp³-hybridized carbons (Fsp3) is 0.267. The van der Waals surface area contributed by atoms with Crippen LogP contribution in [0, 0.1) is 11.6 Å². The van der Waals surface area contributed by atoms with Crippen LogP contribution in [0.4, 0.5) is 14.5 Å². The van der Waals surface area contributed by atoms with Crippen LogP contribution in [-0.2, 0) is 11.3 Å². The zero-order valence-corrected chi connectivity index (χ0v) is 13.3. The van der Waals surface area contributed by atoms with E-state index in [1.807, 2.05) is 0 Å². The smallest absolute Gasteiger partial charge is 0.271 e. The Morgan fingerprint density at radius 2 is 2.12 bits per heavy atom. The largest absolute Gasteiger partial charge is 0.339 e. The third-order valence-electron chi connectivity index (χ3n) is 3.68. The fourth-order valence-electron chi connectivity index (χ4n) is 2.52. The first-order chi connectivity index (χ1) is 11.5. The van der Waals surface area contributed by atoms with Crippen LogP contribution >= 0.6 is 11.3 Å². The predicted octanol–water partition coefficient (Wildman–Crippen LogP) is 1.42. The summed E-state index contributed by atoms with van der Waals surface area (Å²) in [6.07, 6.45) is 0.256. The Labute approximate surface area is 140 Å². The molecule has 2 amide bonds. The topological polar surface area (TPSA) is 88.3 Å². The van der Waals surface area contributed by atoms with Gasteiger partial charge in [-0.25, -0.2) is 13.8 Å². The molecule has 9 heteroatoms. The molecule has 1 atom stereocenters. The number of hydrogen-bond donors (Lipinski definition) is 2. The maximum atomic E-state index is 13.8. The number of carbonyl (C=O) groups is 2. The molecule has 1 saturated heterocycles. The number of anilines is 1. The average Bonchev–Trinajstić information content (AvgIpc) is 3.16. The van der Waals surface area contributed by atoms with Crippen molar-refractivity contribution < 1.29 is 18.4 Å². The Hall–Kier alpha value is -2.39. The summed E-state index contributed by atoms with van der Waals surface area (Å²) < 4.78 is 27.7. The highest BCUT2D eigenvalue weighted by Crippen LogP contribution is 2.27. The van der Waals surface area contributed by atoms with Crippen LogP contribution in [0.1, 0.15) is 21.9 Å². The van der Waals surface area contributed by atoms with Gasteiger partial charge in [0.15, 0.2) is 0 Å². The van der Waals surface area contributed by atoms with Gasteiger partial charge >= 0.3 is 0 Å². The van der Waals surface area contributed by atoms with Crippen LogP contribution in [0.2, 0.25) is 0 Å². The number of hydrogen-bond acceptors (Lipinski definition) is 5. The summed E-state index contributed by atoms with van der Waals surface area (Å²) in [6.45, 7) is 0.341. The van der Waals surface area contributed by atoms with Gasteiger partial charge in [0.25, 0.3) is 5.91 Å². The van der Waals surface area contributed by atoms with Gasteiger partial charge in [-0.3, -0.25) is 9.59 Å². The van der Waals surface area contributed by atoms with E-state index in [0.717, 1.165) is 17.0 Å². The number of nitrogens with zero attached hydrogens (tertiary/aromatic N) is 2. The number of amides is 2. The lowest BCUT2D eigenvalue weighted by Gasteiger charge is -2.18. The van der Waals surface area contributed by atoms with Gasteiger partial charge in [-0.15, -0.1) is 11.3 Å². The molecular weight excluding hydrogens is 338 g/mol. The van der Waals surface area contributed by atoms with E-state index in [1.165, 1.54) is 17.4 Å². The average molecular weight is 352 g/mol. The van der Waals surface area contributed by atoms with Gasteiger partial charge in [-0.2, -0.15) is 0 Å². The number of carbonyl (C=O) groups excluding carboxylic acids is 2. The summed E-state index contributed by atoms with van der Waals surface area (Å²) >= 11 is 1.25. The lowest BCUT2D eigenvalue weighted by atomic mass is 10.2. The van der Waals surface area contributed by atoms with Crippen molar-refractivity contribution in [1.82, 2.24) is 10.3 Å². The molecule has 3 N–H and O–H groups in total. The normalized spacial score (nSPS) is 17.4. The van der Waals surface area contributed by atoms with Crippen molar-refractivity contribution in [2.24, 2.45) is 5.73 Å². The van der Waals surface area contributed by atoms with Crippen molar-refractivity contribution in [3.05, 3.63) is 45.9 Å². The molecular formula is C15H14F2N4O2S. The van der Waals surface area contributed by atoms with Crippen molar-refractivity contribution in [3.8, 4) is 0 Å². The molecule has 6 nitrogen and oxygen atoms in total. The van der Waals surface area contributed by atoms with Crippen LogP contribution in [0.25, 0.3) is 0 Å². The number of nitrogens with one attached hydrogen (secondary N) is 1. The summed E-state index contributed by atoms with van der Waals surface area (Å²) in [5.41, 5.74) is 5.22. The second kappa shape index (κ2) is 6.62. The molecule has 0 bridgehead atoms. The molecule has 126 valence electrons. The number of thiazole rings is 1. The van der Waals surface area contributed by atoms with E-state index in [9.17, 15) is 18.4 Å². The van der Waals surface area contributed by atoms with E-state index in [-0.39, 0.29) is 25.2 Å². The molecule has 1 aliphatic rings. The molecule has 24 heavy (non-hydrogen) atoms. The minimum atomic E-state index is -0.848. The van der Waals surface area contributed by atoms with Crippen LogP contribution in [0.15, 0.2) is 23.6 Å². The Bertz CT molecular complexity index is 775. The first-order valence-electron chi connectivity index (χ1n) is 7.22. The zero-order valence-electron chi connectivity index (χ0n) is 12.5. The summed E-state index contributed by atoms with van der Waals surface area (Å²) in [6, 6.07) is 2.55. The lowest BCUT2D eigenvalue weighted by Crippen LogP contribution is -2.42. The van der Waals surface area contributed by atoms with Gasteiger partial charge in [-0.05, 0) is 18.6 Å². The van der Waals surface area contributed by atoms with Crippen LogP contribution in [0.5, 0.6) is 0 Å². The Morgan fingerprint density at radius 1 is 1.42 bits per heavy atom.